The molecule has 2 heterocycles. The SMILES string of the molecule is C[C@]1(C(=O)O)CCN(C(=O)CCc2cnn(-c3ccccc3)c2)C1. The van der Waals surface area contributed by atoms with Crippen molar-refractivity contribution in [1.29, 1.82) is 0 Å². The van der Waals surface area contributed by atoms with Crippen molar-refractivity contribution in [1.82, 2.24) is 14.7 Å². The number of para-hydroxylation sites is 1. The fraction of sp³-hybridized carbons (Fsp3) is 0.389. The number of amides is 1. The van der Waals surface area contributed by atoms with Crippen LogP contribution in [-0.4, -0.2) is 44.8 Å². The molecule has 0 radical (unpaired) electrons. The first-order valence-electron chi connectivity index (χ1n) is 8.08. The molecule has 0 saturated carbocycles. The van der Waals surface area contributed by atoms with Crippen LogP contribution in [0.3, 0.4) is 0 Å². The molecule has 24 heavy (non-hydrogen) atoms. The summed E-state index contributed by atoms with van der Waals surface area (Å²) < 4.78 is 1.79. The third-order valence-corrected chi connectivity index (χ3v) is 4.63. The first kappa shape index (κ1) is 16.2. The second-order valence-corrected chi connectivity index (χ2v) is 6.56. The molecule has 1 aliphatic heterocycles. The van der Waals surface area contributed by atoms with Crippen LogP contribution < -0.4 is 0 Å². The third kappa shape index (κ3) is 3.32. The second-order valence-electron chi connectivity index (χ2n) is 6.56. The molecule has 0 spiro atoms. The summed E-state index contributed by atoms with van der Waals surface area (Å²) in [6.07, 6.45) is 5.18. The zero-order valence-corrected chi connectivity index (χ0v) is 13.7. The van der Waals surface area contributed by atoms with Crippen LogP contribution in [0.5, 0.6) is 0 Å². The van der Waals surface area contributed by atoms with E-state index < -0.39 is 11.4 Å². The van der Waals surface area contributed by atoms with Crippen molar-refractivity contribution in [2.75, 3.05) is 13.1 Å². The summed E-state index contributed by atoms with van der Waals surface area (Å²) in [7, 11) is 0. The molecule has 6 heteroatoms. The van der Waals surface area contributed by atoms with Crippen molar-refractivity contribution in [2.24, 2.45) is 5.41 Å². The van der Waals surface area contributed by atoms with Gasteiger partial charge in [-0.1, -0.05) is 18.2 Å². The number of carboxylic acids is 1. The number of carboxylic acid groups (broad SMARTS) is 1. The Labute approximate surface area is 140 Å². The zero-order chi connectivity index (χ0) is 17.2. The van der Waals surface area contributed by atoms with E-state index in [1.165, 1.54) is 0 Å². The molecule has 3 rings (SSSR count). The minimum atomic E-state index is -0.832. The summed E-state index contributed by atoms with van der Waals surface area (Å²) in [6.45, 7) is 2.52. The largest absolute Gasteiger partial charge is 0.481 e. The van der Waals surface area contributed by atoms with Gasteiger partial charge in [0.2, 0.25) is 5.91 Å². The highest BCUT2D eigenvalue weighted by Crippen LogP contribution is 2.30. The van der Waals surface area contributed by atoms with Crippen molar-refractivity contribution in [3.63, 3.8) is 0 Å². The van der Waals surface area contributed by atoms with E-state index in [9.17, 15) is 14.7 Å². The lowest BCUT2D eigenvalue weighted by Gasteiger charge is -2.20. The van der Waals surface area contributed by atoms with Crippen LogP contribution >= 0.6 is 0 Å². The summed E-state index contributed by atoms with van der Waals surface area (Å²) in [5.74, 6) is -0.825. The summed E-state index contributed by atoms with van der Waals surface area (Å²) in [5, 5.41) is 13.6. The maximum Gasteiger partial charge on any atom is 0.311 e. The lowest BCUT2D eigenvalue weighted by Crippen LogP contribution is -2.34. The molecular weight excluding hydrogens is 306 g/mol. The number of rotatable bonds is 5. The van der Waals surface area contributed by atoms with E-state index in [1.807, 2.05) is 36.5 Å². The van der Waals surface area contributed by atoms with E-state index in [1.54, 1.807) is 22.7 Å². The van der Waals surface area contributed by atoms with Crippen molar-refractivity contribution >= 4 is 11.9 Å². The van der Waals surface area contributed by atoms with E-state index in [4.69, 9.17) is 0 Å². The minimum Gasteiger partial charge on any atom is -0.481 e. The Morgan fingerprint density at radius 3 is 2.71 bits per heavy atom. The van der Waals surface area contributed by atoms with Crippen molar-refractivity contribution in [3.8, 4) is 5.69 Å². The number of hydrogen-bond acceptors (Lipinski definition) is 3. The lowest BCUT2D eigenvalue weighted by atomic mass is 9.90. The normalized spacial score (nSPS) is 20.3. The molecular formula is C18H21N3O3. The summed E-state index contributed by atoms with van der Waals surface area (Å²) in [4.78, 5) is 25.2. The van der Waals surface area contributed by atoms with Gasteiger partial charge in [0.15, 0.2) is 0 Å². The van der Waals surface area contributed by atoms with Gasteiger partial charge >= 0.3 is 5.97 Å². The summed E-state index contributed by atoms with van der Waals surface area (Å²) in [5.41, 5.74) is 1.16. The van der Waals surface area contributed by atoms with Gasteiger partial charge in [-0.15, -0.1) is 0 Å². The lowest BCUT2D eigenvalue weighted by molar-refractivity contribution is -0.147. The van der Waals surface area contributed by atoms with Crippen molar-refractivity contribution in [3.05, 3.63) is 48.3 Å². The Morgan fingerprint density at radius 1 is 1.29 bits per heavy atom. The molecule has 1 N–H and O–H groups in total. The zero-order valence-electron chi connectivity index (χ0n) is 13.7. The van der Waals surface area contributed by atoms with Gasteiger partial charge in [0.1, 0.15) is 0 Å². The van der Waals surface area contributed by atoms with Crippen LogP contribution in [0.4, 0.5) is 0 Å². The topological polar surface area (TPSA) is 75.4 Å². The number of aliphatic carboxylic acids is 1. The average molecular weight is 327 g/mol. The number of benzene rings is 1. The van der Waals surface area contributed by atoms with Gasteiger partial charge in [-0.3, -0.25) is 9.59 Å². The van der Waals surface area contributed by atoms with Crippen LogP contribution in [0.25, 0.3) is 5.69 Å². The molecule has 1 saturated heterocycles. The van der Waals surface area contributed by atoms with Gasteiger partial charge in [-0.2, -0.15) is 5.10 Å². The molecule has 0 unspecified atom stereocenters. The Balaban J connectivity index is 1.56. The number of nitrogens with zero attached hydrogens (tertiary/aromatic N) is 3. The monoisotopic (exact) mass is 327 g/mol. The summed E-state index contributed by atoms with van der Waals surface area (Å²) >= 11 is 0. The summed E-state index contributed by atoms with van der Waals surface area (Å²) in [6, 6.07) is 9.80. The van der Waals surface area contributed by atoms with Crippen LogP contribution in [0.2, 0.25) is 0 Å². The highest BCUT2D eigenvalue weighted by atomic mass is 16.4. The number of likely N-dealkylation sites (tertiary alicyclic amines) is 1. The first-order valence-corrected chi connectivity index (χ1v) is 8.08. The van der Waals surface area contributed by atoms with Gasteiger partial charge in [0.05, 0.1) is 17.3 Å². The number of aryl methyl sites for hydroxylation is 1. The molecule has 6 nitrogen and oxygen atoms in total. The van der Waals surface area contributed by atoms with Crippen LogP contribution in [0.15, 0.2) is 42.7 Å². The van der Waals surface area contributed by atoms with E-state index in [2.05, 4.69) is 5.10 Å². The number of carbonyl (C=O) groups is 2. The quantitative estimate of drug-likeness (QED) is 0.913. The van der Waals surface area contributed by atoms with Crippen LogP contribution in [0, 0.1) is 5.41 Å². The third-order valence-electron chi connectivity index (χ3n) is 4.63. The van der Waals surface area contributed by atoms with Gasteiger partial charge in [0, 0.05) is 25.7 Å². The second kappa shape index (κ2) is 6.47. The molecule has 1 fully saturated rings. The molecule has 2 aromatic rings. The number of aromatic nitrogens is 2. The van der Waals surface area contributed by atoms with E-state index >= 15 is 0 Å². The molecule has 0 aliphatic carbocycles. The smallest absolute Gasteiger partial charge is 0.311 e. The highest BCUT2D eigenvalue weighted by Gasteiger charge is 2.41. The van der Waals surface area contributed by atoms with Crippen molar-refractivity contribution in [2.45, 2.75) is 26.2 Å². The van der Waals surface area contributed by atoms with Gasteiger partial charge < -0.3 is 10.0 Å². The van der Waals surface area contributed by atoms with Gasteiger partial charge in [-0.05, 0) is 37.5 Å². The predicted molar refractivity (Wildman–Crippen MR) is 88.8 cm³/mol. The van der Waals surface area contributed by atoms with E-state index in [0.717, 1.165) is 11.3 Å². The Morgan fingerprint density at radius 2 is 2.04 bits per heavy atom. The molecule has 1 aliphatic rings. The molecule has 0 bridgehead atoms. The average Bonchev–Trinajstić information content (AvgIpc) is 3.21. The Bertz CT molecular complexity index is 741. The predicted octanol–water partition coefficient (Wildman–Crippen LogP) is 2.13. The fourth-order valence-corrected chi connectivity index (χ4v) is 2.97. The number of hydrogen-bond donors (Lipinski definition) is 1. The van der Waals surface area contributed by atoms with E-state index in [-0.39, 0.29) is 5.91 Å². The molecule has 1 aromatic heterocycles. The fourth-order valence-electron chi connectivity index (χ4n) is 2.97. The maximum atomic E-state index is 12.3. The van der Waals surface area contributed by atoms with Crippen LogP contribution in [0.1, 0.15) is 25.3 Å². The van der Waals surface area contributed by atoms with Crippen molar-refractivity contribution < 1.29 is 14.7 Å². The van der Waals surface area contributed by atoms with E-state index in [0.29, 0.717) is 32.4 Å². The molecule has 1 atom stereocenters. The standard InChI is InChI=1S/C18H21N3O3/c1-18(17(23)24)9-10-20(13-18)16(22)8-7-14-11-19-21(12-14)15-5-3-2-4-6-15/h2-6,11-12H,7-10,13H2,1H3,(H,23,24)/t18-/m0/s1. The van der Waals surface area contributed by atoms with Crippen LogP contribution in [-0.2, 0) is 16.0 Å². The maximum absolute atomic E-state index is 12.3. The highest BCUT2D eigenvalue weighted by molar-refractivity contribution is 5.80. The first-order chi connectivity index (χ1) is 11.5. The Kier molecular flexibility index (Phi) is 4.38. The van der Waals surface area contributed by atoms with Gasteiger partial charge in [-0.25, -0.2) is 4.68 Å². The minimum absolute atomic E-state index is 0.00689. The van der Waals surface area contributed by atoms with Gasteiger partial charge in [0.25, 0.3) is 0 Å². The molecule has 1 aromatic carbocycles. The Hall–Kier alpha value is -2.63. The molecule has 126 valence electrons. The molecule has 1 amide bonds. The number of carbonyl (C=O) groups excluding carboxylic acids is 1.